The Morgan fingerprint density at radius 1 is 1.21 bits per heavy atom. The molecule has 9 nitrogen and oxygen atoms in total. The maximum absolute atomic E-state index is 14.6. The minimum atomic E-state index is -1.24. The van der Waals surface area contributed by atoms with Crippen molar-refractivity contribution in [2.24, 2.45) is 0 Å². The number of fused-ring (bicyclic) bond motifs is 2. The second-order valence-corrected chi connectivity index (χ2v) is 7.29. The van der Waals surface area contributed by atoms with Crippen LogP contribution in [-0.4, -0.2) is 55.5 Å². The molecule has 0 aliphatic carbocycles. The molecule has 1 atom stereocenters. The van der Waals surface area contributed by atoms with Gasteiger partial charge in [0.15, 0.2) is 11.8 Å². The average molecular weight is 387 g/mol. The van der Waals surface area contributed by atoms with Gasteiger partial charge >= 0.3 is 0 Å². The zero-order valence-corrected chi connectivity index (χ0v) is 15.9. The number of hydrogen-bond acceptors (Lipinski definition) is 7. The van der Waals surface area contributed by atoms with Crippen LogP contribution >= 0.6 is 0 Å². The van der Waals surface area contributed by atoms with Crippen molar-refractivity contribution in [2.75, 3.05) is 25.1 Å². The number of halogens is 1. The molecule has 5 rings (SSSR count). The zero-order chi connectivity index (χ0) is 19.3. The van der Waals surface area contributed by atoms with Gasteiger partial charge in [-0.2, -0.15) is 10.1 Å². The number of alkyl halides is 1. The van der Waals surface area contributed by atoms with Crippen LogP contribution in [-0.2, 0) is 11.3 Å². The molecule has 5 heterocycles. The standard InChI is InChI=1S/C18H22FN7O2/c1-10-14-7-20-18-21-15-11(2)26(13-3-5-27-6-4-13)24-17(15)28-9-12(19)8-25(23-10)16(14)22-18/h7,12-13H,3-6,8-9H2,1-2H3,(H,20,21,22)/t12-/m0/s1. The summed E-state index contributed by atoms with van der Waals surface area (Å²) >= 11 is 0. The third-order valence-electron chi connectivity index (χ3n) is 5.34. The molecule has 3 aromatic heterocycles. The number of hydrogen-bond donors (Lipinski definition) is 1. The summed E-state index contributed by atoms with van der Waals surface area (Å²) in [6.07, 6.45) is 2.25. The Morgan fingerprint density at radius 3 is 2.86 bits per heavy atom. The third kappa shape index (κ3) is 2.88. The van der Waals surface area contributed by atoms with Crippen LogP contribution in [0, 0.1) is 13.8 Å². The monoisotopic (exact) mass is 387 g/mol. The van der Waals surface area contributed by atoms with E-state index >= 15 is 0 Å². The second kappa shape index (κ2) is 6.69. The zero-order valence-electron chi connectivity index (χ0n) is 15.9. The number of nitrogens with zero attached hydrogens (tertiary/aromatic N) is 6. The van der Waals surface area contributed by atoms with Crippen LogP contribution < -0.4 is 10.1 Å². The van der Waals surface area contributed by atoms with Crippen LogP contribution in [0.25, 0.3) is 11.0 Å². The van der Waals surface area contributed by atoms with Crippen molar-refractivity contribution in [1.82, 2.24) is 29.5 Å². The van der Waals surface area contributed by atoms with Gasteiger partial charge in [0.25, 0.3) is 5.88 Å². The molecule has 1 N–H and O–H groups in total. The Hall–Kier alpha value is -2.75. The first kappa shape index (κ1) is 17.4. The van der Waals surface area contributed by atoms with Crippen molar-refractivity contribution in [1.29, 1.82) is 0 Å². The van der Waals surface area contributed by atoms with E-state index in [0.717, 1.165) is 29.6 Å². The fourth-order valence-corrected chi connectivity index (χ4v) is 3.84. The van der Waals surface area contributed by atoms with Gasteiger partial charge in [0, 0.05) is 19.4 Å². The van der Waals surface area contributed by atoms with E-state index in [-0.39, 0.29) is 19.2 Å². The van der Waals surface area contributed by atoms with Gasteiger partial charge in [0.05, 0.1) is 29.4 Å². The molecule has 0 unspecified atom stereocenters. The summed E-state index contributed by atoms with van der Waals surface area (Å²) in [7, 11) is 0. The van der Waals surface area contributed by atoms with Crippen molar-refractivity contribution < 1.29 is 13.9 Å². The van der Waals surface area contributed by atoms with Gasteiger partial charge < -0.3 is 14.8 Å². The predicted molar refractivity (Wildman–Crippen MR) is 99.8 cm³/mol. The van der Waals surface area contributed by atoms with Crippen LogP contribution in [0.4, 0.5) is 16.0 Å². The molecule has 0 saturated carbocycles. The molecule has 2 aliphatic heterocycles. The highest BCUT2D eigenvalue weighted by molar-refractivity contribution is 5.79. The Morgan fingerprint density at radius 2 is 2.04 bits per heavy atom. The van der Waals surface area contributed by atoms with Gasteiger partial charge in [0.2, 0.25) is 5.95 Å². The average Bonchev–Trinajstić information content (AvgIpc) is 3.17. The summed E-state index contributed by atoms with van der Waals surface area (Å²) in [4.78, 5) is 8.98. The van der Waals surface area contributed by atoms with Crippen molar-refractivity contribution in [3.05, 3.63) is 17.6 Å². The maximum Gasteiger partial charge on any atom is 0.257 e. The Kier molecular flexibility index (Phi) is 4.15. The Bertz CT molecular complexity index is 1020. The molecule has 28 heavy (non-hydrogen) atoms. The van der Waals surface area contributed by atoms with Crippen LogP contribution in [0.15, 0.2) is 6.20 Å². The minimum absolute atomic E-state index is 0.0653. The normalized spacial score (nSPS) is 20.5. The smallest absolute Gasteiger partial charge is 0.257 e. The van der Waals surface area contributed by atoms with E-state index in [2.05, 4.69) is 25.5 Å². The first-order chi connectivity index (χ1) is 13.6. The van der Waals surface area contributed by atoms with Crippen molar-refractivity contribution >= 4 is 22.7 Å². The highest BCUT2D eigenvalue weighted by atomic mass is 19.1. The van der Waals surface area contributed by atoms with Gasteiger partial charge in [-0.3, -0.25) is 4.68 Å². The number of rotatable bonds is 1. The SMILES string of the molecule is Cc1nn2c3nc(ncc13)Nc1c(nn(C3CCOCC3)c1C)OC[C@@H](F)C2. The van der Waals surface area contributed by atoms with E-state index in [1.54, 1.807) is 10.9 Å². The van der Waals surface area contributed by atoms with Gasteiger partial charge in [0.1, 0.15) is 12.3 Å². The predicted octanol–water partition coefficient (Wildman–Crippen LogP) is 2.47. The van der Waals surface area contributed by atoms with E-state index in [9.17, 15) is 4.39 Å². The molecule has 0 aromatic carbocycles. The molecule has 0 spiro atoms. The first-order valence-electron chi connectivity index (χ1n) is 9.51. The minimum Gasteiger partial charge on any atom is -0.472 e. The highest BCUT2D eigenvalue weighted by Gasteiger charge is 2.26. The lowest BCUT2D eigenvalue weighted by molar-refractivity contribution is 0.0650. The molecule has 2 aliphatic rings. The van der Waals surface area contributed by atoms with Crippen molar-refractivity contribution in [3.63, 3.8) is 0 Å². The van der Waals surface area contributed by atoms with Crippen LogP contribution in [0.1, 0.15) is 30.3 Å². The summed E-state index contributed by atoms with van der Waals surface area (Å²) in [6.45, 7) is 5.21. The van der Waals surface area contributed by atoms with E-state index in [0.29, 0.717) is 36.4 Å². The lowest BCUT2D eigenvalue weighted by Crippen LogP contribution is -2.22. The first-order valence-corrected chi connectivity index (χ1v) is 9.51. The van der Waals surface area contributed by atoms with Crippen molar-refractivity contribution in [3.8, 4) is 5.88 Å². The molecule has 0 amide bonds. The highest BCUT2D eigenvalue weighted by Crippen LogP contribution is 2.34. The van der Waals surface area contributed by atoms with Crippen LogP contribution in [0.5, 0.6) is 5.88 Å². The van der Waals surface area contributed by atoms with Crippen LogP contribution in [0.3, 0.4) is 0 Å². The van der Waals surface area contributed by atoms with E-state index in [4.69, 9.17) is 9.47 Å². The number of nitrogens with one attached hydrogen (secondary N) is 1. The van der Waals surface area contributed by atoms with Gasteiger partial charge in [-0.25, -0.2) is 14.1 Å². The largest absolute Gasteiger partial charge is 0.472 e. The Balaban J connectivity index is 1.60. The fourth-order valence-electron chi connectivity index (χ4n) is 3.84. The molecular weight excluding hydrogens is 365 g/mol. The van der Waals surface area contributed by atoms with E-state index < -0.39 is 6.17 Å². The lowest BCUT2D eigenvalue weighted by atomic mass is 10.1. The fraction of sp³-hybridized carbons (Fsp3) is 0.556. The molecule has 3 aromatic rings. The van der Waals surface area contributed by atoms with Gasteiger partial charge in [-0.1, -0.05) is 0 Å². The topological polar surface area (TPSA) is 91.9 Å². The summed E-state index contributed by atoms with van der Waals surface area (Å²) in [5, 5.41) is 13.1. The second-order valence-electron chi connectivity index (χ2n) is 7.29. The van der Waals surface area contributed by atoms with Crippen LogP contribution in [0.2, 0.25) is 0 Å². The van der Waals surface area contributed by atoms with Gasteiger partial charge in [-0.15, -0.1) is 5.10 Å². The number of aromatic nitrogens is 6. The summed E-state index contributed by atoms with van der Waals surface area (Å²) in [6, 6.07) is 0.230. The maximum atomic E-state index is 14.6. The van der Waals surface area contributed by atoms with Gasteiger partial charge in [-0.05, 0) is 26.7 Å². The number of aryl methyl sites for hydroxylation is 1. The summed E-state index contributed by atoms with van der Waals surface area (Å²) in [5.41, 5.74) is 2.96. The third-order valence-corrected chi connectivity index (χ3v) is 5.34. The number of ether oxygens (including phenoxy) is 2. The number of anilines is 2. The molecule has 2 bridgehead atoms. The van der Waals surface area contributed by atoms with E-state index in [1.807, 2.05) is 18.5 Å². The molecular formula is C18H22FN7O2. The molecule has 1 fully saturated rings. The molecule has 148 valence electrons. The Labute approximate surface area is 160 Å². The molecule has 10 heteroatoms. The summed E-state index contributed by atoms with van der Waals surface area (Å²) in [5.74, 6) is 0.775. The summed E-state index contributed by atoms with van der Waals surface area (Å²) < 4.78 is 29.4. The molecule has 0 radical (unpaired) electrons. The lowest BCUT2D eigenvalue weighted by Gasteiger charge is -2.23. The van der Waals surface area contributed by atoms with E-state index in [1.165, 1.54) is 0 Å². The molecule has 1 saturated heterocycles. The quantitative estimate of drug-likeness (QED) is 0.686. The van der Waals surface area contributed by atoms with Crippen molar-refractivity contribution in [2.45, 2.75) is 45.4 Å².